The van der Waals surface area contributed by atoms with Crippen LogP contribution >= 0.6 is 0 Å². The number of piperidine rings is 1. The van der Waals surface area contributed by atoms with Crippen LogP contribution in [0, 0.1) is 29.6 Å². The number of hydrogen-bond acceptors (Lipinski definition) is 13. The molecule has 5 heterocycles. The first-order chi connectivity index (χ1) is 43.2. The summed E-state index contributed by atoms with van der Waals surface area (Å²) in [6.07, 6.45) is 35.0. The third-order valence-corrected chi connectivity index (χ3v) is 22.4. The van der Waals surface area contributed by atoms with Gasteiger partial charge in [0.05, 0.1) is 18.0 Å². The van der Waals surface area contributed by atoms with Crippen LogP contribution in [0.15, 0.2) is 71.3 Å². The molecule has 0 radical (unpaired) electrons. The van der Waals surface area contributed by atoms with Gasteiger partial charge in [0.1, 0.15) is 0 Å². The molecule has 7 aliphatic rings. The van der Waals surface area contributed by atoms with Gasteiger partial charge in [-0.2, -0.15) is 13.2 Å². The molecule has 3 aliphatic carbocycles. The van der Waals surface area contributed by atoms with Gasteiger partial charge in [0, 0.05) is 180 Å². The van der Waals surface area contributed by atoms with Gasteiger partial charge in [-0.25, -0.2) is 0 Å². The fourth-order valence-corrected chi connectivity index (χ4v) is 16.7. The number of nitrogens with zero attached hydrogens (tertiary/aromatic N) is 7. The van der Waals surface area contributed by atoms with E-state index in [0.29, 0.717) is 66.7 Å². The van der Waals surface area contributed by atoms with Gasteiger partial charge < -0.3 is 51.5 Å². The lowest BCUT2D eigenvalue weighted by Gasteiger charge is -2.60. The van der Waals surface area contributed by atoms with Crippen molar-refractivity contribution in [1.29, 1.82) is 0 Å². The summed E-state index contributed by atoms with van der Waals surface area (Å²) in [7, 11) is 4.33. The first-order valence-corrected chi connectivity index (χ1v) is 36.3. The highest BCUT2D eigenvalue weighted by atomic mass is 19.4. The van der Waals surface area contributed by atoms with Gasteiger partial charge in [0.25, 0.3) is 0 Å². The largest absolute Gasteiger partial charge is 0.417 e. The Hall–Kier alpha value is -4.00. The Kier molecular flexibility index (Phi) is 27.9. The van der Waals surface area contributed by atoms with Crippen LogP contribution in [-0.4, -0.2) is 168 Å². The molecule has 3 saturated heterocycles. The average Bonchev–Trinajstić information content (AvgIpc) is 0.928. The quantitative estimate of drug-likeness (QED) is 0.126. The summed E-state index contributed by atoms with van der Waals surface area (Å²) < 4.78 is 40.5. The van der Waals surface area contributed by atoms with Gasteiger partial charge in [-0.3, -0.25) is 19.7 Å². The van der Waals surface area contributed by atoms with Crippen LogP contribution in [0.3, 0.4) is 0 Å². The molecule has 6 fully saturated rings. The number of aryl methyl sites for hydroxylation is 1. The number of pyridine rings is 1. The van der Waals surface area contributed by atoms with Crippen molar-refractivity contribution < 1.29 is 18.0 Å². The normalized spacial score (nSPS) is 30.9. The van der Waals surface area contributed by atoms with Gasteiger partial charge in [-0.05, 0) is 160 Å². The second kappa shape index (κ2) is 34.9. The number of carbonyl (C=O) groups excluding carboxylic acids is 1. The minimum atomic E-state index is -4.43. The zero-order valence-corrected chi connectivity index (χ0v) is 57.9. The zero-order valence-electron chi connectivity index (χ0n) is 57.9. The van der Waals surface area contributed by atoms with Crippen molar-refractivity contribution in [2.75, 3.05) is 66.5 Å². The van der Waals surface area contributed by atoms with Crippen molar-refractivity contribution in [3.8, 4) is 0 Å². The molecule has 1 aromatic rings. The van der Waals surface area contributed by atoms with Crippen LogP contribution in [0.4, 0.5) is 13.2 Å². The first-order valence-electron chi connectivity index (χ1n) is 36.3. The van der Waals surface area contributed by atoms with Gasteiger partial charge in [0.2, 0.25) is 5.91 Å². The number of nitrogens with one attached hydrogen (secondary N) is 6. The van der Waals surface area contributed by atoms with E-state index in [1.807, 2.05) is 18.5 Å². The maximum absolute atomic E-state index is 14.9. The lowest BCUT2D eigenvalue weighted by atomic mass is 9.74. The van der Waals surface area contributed by atoms with Crippen LogP contribution in [0.5, 0.6) is 0 Å². The monoisotopic (exact) mass is 1260 g/mol. The van der Waals surface area contributed by atoms with Crippen molar-refractivity contribution >= 4 is 12.1 Å². The molecule has 1 aromatic heterocycles. The van der Waals surface area contributed by atoms with Crippen molar-refractivity contribution in [3.05, 3.63) is 77.6 Å². The number of likely N-dealkylation sites (tertiary alicyclic amines) is 1. The molecule has 0 aromatic carbocycles. The van der Waals surface area contributed by atoms with E-state index >= 15 is 0 Å². The SMILES string of the molecule is CC[C@H](C)[C@H]1CN[C@@H](CC(C)C)C(C)NCC2[C@@H](C(=O)N3CCCCC3)C(C)N2[C@@H](C2CCCC2)C(C)NC2(CCCC2)CNCCN=CC=C(CCc2ccc(C(F)(F)F)cn2)NC=CN(C)C=C(CC2CCCCC2)N(C)C=C2CCCN2[C@@H](C)C(C)N1. The molecule has 0 bridgehead atoms. The van der Waals surface area contributed by atoms with Crippen molar-refractivity contribution in [2.45, 2.75) is 276 Å². The fraction of sp³-hybridized carbons (Fsp3) is 0.795. The van der Waals surface area contributed by atoms with E-state index in [2.05, 4.69) is 156 Å². The highest BCUT2D eigenvalue weighted by Gasteiger charge is 2.56. The summed E-state index contributed by atoms with van der Waals surface area (Å²) in [4.78, 5) is 36.3. The molecule has 11 atom stereocenters. The Morgan fingerprint density at radius 1 is 0.800 bits per heavy atom. The molecule has 8 rings (SSSR count). The molecule has 14 nitrogen and oxygen atoms in total. The maximum atomic E-state index is 14.9. The van der Waals surface area contributed by atoms with Crippen molar-refractivity contribution in [2.24, 2.45) is 34.6 Å². The van der Waals surface area contributed by atoms with E-state index in [9.17, 15) is 18.0 Å². The Balaban J connectivity index is 1.09. The molecule has 90 heavy (non-hydrogen) atoms. The summed E-state index contributed by atoms with van der Waals surface area (Å²) in [5.41, 5.74) is 3.42. The third-order valence-electron chi connectivity index (χ3n) is 22.4. The molecule has 3 saturated carbocycles. The minimum Gasteiger partial charge on any atom is -0.369 e. The predicted octanol–water partition coefficient (Wildman–Crippen LogP) is 12.6. The molecule has 6 N–H and O–H groups in total. The topological polar surface area (TPSA) is 131 Å². The summed E-state index contributed by atoms with van der Waals surface area (Å²) >= 11 is 0. The number of aliphatic imine (C=N–C) groups is 1. The number of aromatic nitrogens is 1. The molecule has 17 heteroatoms. The van der Waals surface area contributed by atoms with Gasteiger partial charge in [-0.15, -0.1) is 0 Å². The van der Waals surface area contributed by atoms with Crippen LogP contribution in [0.1, 0.15) is 215 Å². The lowest BCUT2D eigenvalue weighted by molar-refractivity contribution is -0.162. The number of hydrogen-bond donors (Lipinski definition) is 6. The number of rotatable bonds is 11. The molecule has 5 unspecified atom stereocenters. The molecule has 4 aliphatic heterocycles. The Morgan fingerprint density at radius 3 is 2.21 bits per heavy atom. The van der Waals surface area contributed by atoms with E-state index in [1.54, 1.807) is 0 Å². The van der Waals surface area contributed by atoms with E-state index in [4.69, 9.17) is 4.99 Å². The molecule has 1 amide bonds. The van der Waals surface area contributed by atoms with Gasteiger partial charge >= 0.3 is 6.18 Å². The summed E-state index contributed by atoms with van der Waals surface area (Å²) in [6.45, 7) is 28.3. The van der Waals surface area contributed by atoms with Crippen LogP contribution in [0.2, 0.25) is 0 Å². The lowest BCUT2D eigenvalue weighted by Crippen LogP contribution is -2.76. The number of halogens is 3. The molecule has 1 spiro atoms. The number of alkyl halides is 3. The molecular weight excluding hydrogens is 1130 g/mol. The number of carbonyl (C=O) groups is 1. The number of fused-ring (bicyclic) bond motifs is 2. The van der Waals surface area contributed by atoms with Gasteiger partial charge in [-0.1, -0.05) is 91.9 Å². The number of amides is 1. The van der Waals surface area contributed by atoms with Crippen LogP contribution in [0.25, 0.3) is 0 Å². The fourth-order valence-electron chi connectivity index (χ4n) is 16.7. The molecule has 508 valence electrons. The Morgan fingerprint density at radius 2 is 1.52 bits per heavy atom. The zero-order chi connectivity index (χ0) is 64.4. The maximum Gasteiger partial charge on any atom is 0.417 e. The highest BCUT2D eigenvalue weighted by Crippen LogP contribution is 2.44. The Bertz CT molecular complexity index is 2460. The summed E-state index contributed by atoms with van der Waals surface area (Å²) in [5, 5.41) is 24.4. The smallest absolute Gasteiger partial charge is 0.369 e. The van der Waals surface area contributed by atoms with E-state index in [1.165, 1.54) is 94.5 Å². The third kappa shape index (κ3) is 20.3. The van der Waals surface area contributed by atoms with E-state index in [-0.39, 0.29) is 53.7 Å². The van der Waals surface area contributed by atoms with Crippen LogP contribution < -0.4 is 31.9 Å². The standard InChI is InChI=1S/C73H124F3N13O/c1-12-53(4)67-47-82-66(44-52(2)3)55(6)80-48-68-69(71(90)87-40-21-14-22-41-87)58(9)89(68)70(60-26-17-18-27-60)56(7)84-72(34-19-20-35-72)51-78-38-37-77-36-33-63(32-31-62-30-29-61(46-81-62)73(74,75)76)79-39-43-85(10)49-65(45-59-24-15-13-16-25-59)86(11)50-64-28-23-42-88(64)57(8)54(5)83-67/h29-30,33,36,39,43,46,49-50,52-60,66-70,78-80,82-84H,12-28,31-32,34-35,37-38,40-42,44-45,47-48,51H2,1-11H3/t53-,54?,55?,56?,57-,58?,66-,67+,68?,69-,70+/m0/s1. The summed E-state index contributed by atoms with van der Waals surface area (Å²) in [6, 6.07) is 4.77. The predicted molar refractivity (Wildman–Crippen MR) is 366 cm³/mol. The molecular formula is C73H124F3N13O. The minimum absolute atomic E-state index is 0.0260. The van der Waals surface area contributed by atoms with E-state index < -0.39 is 11.7 Å². The van der Waals surface area contributed by atoms with Crippen LogP contribution in [-0.2, 0) is 17.4 Å². The average molecular weight is 1260 g/mol. The Labute approximate surface area is 543 Å². The van der Waals surface area contributed by atoms with Crippen molar-refractivity contribution in [1.82, 2.24) is 61.4 Å². The number of allylic oxidation sites excluding steroid dienone is 4. The first kappa shape index (κ1) is 71.8. The highest BCUT2D eigenvalue weighted by molar-refractivity contribution is 5.81. The van der Waals surface area contributed by atoms with E-state index in [0.717, 1.165) is 122 Å². The van der Waals surface area contributed by atoms with Gasteiger partial charge in [0.15, 0.2) is 0 Å². The van der Waals surface area contributed by atoms with Crippen molar-refractivity contribution in [3.63, 3.8) is 0 Å². The summed E-state index contributed by atoms with van der Waals surface area (Å²) in [5.74, 6) is 2.58. The second-order valence-electron chi connectivity index (χ2n) is 29.6. The second-order valence-corrected chi connectivity index (χ2v) is 29.6.